The number of aliphatic hydroxyl groups excluding tert-OH is 1. The second-order valence-corrected chi connectivity index (χ2v) is 13.2. The minimum atomic E-state index is -0.0815. The van der Waals surface area contributed by atoms with E-state index in [-0.39, 0.29) is 6.10 Å². The molecule has 31 heavy (non-hydrogen) atoms. The van der Waals surface area contributed by atoms with Gasteiger partial charge in [-0.15, -0.1) is 0 Å². The van der Waals surface area contributed by atoms with Crippen LogP contribution >= 0.6 is 0 Å². The van der Waals surface area contributed by atoms with Gasteiger partial charge in [0.05, 0.1) is 6.10 Å². The van der Waals surface area contributed by atoms with E-state index < -0.39 is 0 Å². The predicted octanol–water partition coefficient (Wildman–Crippen LogP) is 8.34. The van der Waals surface area contributed by atoms with Crippen LogP contribution in [0.15, 0.2) is 23.3 Å². The van der Waals surface area contributed by atoms with E-state index in [1.54, 1.807) is 0 Å². The van der Waals surface area contributed by atoms with Crippen LogP contribution in [0.2, 0.25) is 0 Å². The third-order valence-electron chi connectivity index (χ3n) is 11.8. The molecule has 176 valence electrons. The molecule has 0 heterocycles. The standard InChI is InChI=1S/C30H50O/c1-19(2)20(3)9-10-21(4)23-13-17-30(8)26-12-11-24-22(5)27(31)15-16-28(24,6)25(26)14-18-29(23,30)7/h19,21-24,27,31H,3,9-18H2,1-2,4-8H3/t21-,22+,23?,24+,27+,28+,29-,30+/m1/s1. The van der Waals surface area contributed by atoms with E-state index in [0.29, 0.717) is 34.0 Å². The Labute approximate surface area is 193 Å². The fourth-order valence-electron chi connectivity index (χ4n) is 9.16. The smallest absolute Gasteiger partial charge is 0.0569 e. The maximum absolute atomic E-state index is 10.6. The molecular weight excluding hydrogens is 376 g/mol. The Bertz CT molecular complexity index is 746. The zero-order valence-electron chi connectivity index (χ0n) is 21.7. The van der Waals surface area contributed by atoms with E-state index in [0.717, 1.165) is 18.3 Å². The first-order valence-electron chi connectivity index (χ1n) is 13.5. The van der Waals surface area contributed by atoms with Gasteiger partial charge in [0.15, 0.2) is 0 Å². The van der Waals surface area contributed by atoms with Crippen LogP contribution in [0.5, 0.6) is 0 Å². The average molecular weight is 427 g/mol. The summed E-state index contributed by atoms with van der Waals surface area (Å²) in [6.45, 7) is 21.7. The lowest BCUT2D eigenvalue weighted by Crippen LogP contribution is -2.51. The van der Waals surface area contributed by atoms with Crippen LogP contribution in [0.25, 0.3) is 0 Å². The molecule has 0 saturated heterocycles. The third kappa shape index (κ3) is 3.43. The van der Waals surface area contributed by atoms with Crippen molar-refractivity contribution in [3.63, 3.8) is 0 Å². The first kappa shape index (κ1) is 23.6. The maximum Gasteiger partial charge on any atom is 0.0569 e. The van der Waals surface area contributed by atoms with Crippen molar-refractivity contribution in [2.75, 3.05) is 0 Å². The van der Waals surface area contributed by atoms with E-state index in [1.807, 2.05) is 11.1 Å². The van der Waals surface area contributed by atoms with Crippen LogP contribution in [-0.2, 0) is 0 Å². The molecule has 4 aliphatic carbocycles. The first-order chi connectivity index (χ1) is 14.5. The highest BCUT2D eigenvalue weighted by Crippen LogP contribution is 2.71. The topological polar surface area (TPSA) is 20.2 Å². The summed E-state index contributed by atoms with van der Waals surface area (Å²) < 4.78 is 0. The zero-order valence-corrected chi connectivity index (χ0v) is 21.7. The molecule has 4 rings (SSSR count). The van der Waals surface area contributed by atoms with Crippen molar-refractivity contribution in [2.24, 2.45) is 45.8 Å². The fourth-order valence-corrected chi connectivity index (χ4v) is 9.16. The van der Waals surface area contributed by atoms with E-state index in [1.165, 1.54) is 63.4 Å². The monoisotopic (exact) mass is 426 g/mol. The molecule has 0 spiro atoms. The van der Waals surface area contributed by atoms with Crippen molar-refractivity contribution in [3.05, 3.63) is 23.3 Å². The Morgan fingerprint density at radius 1 is 1.00 bits per heavy atom. The quantitative estimate of drug-likeness (QED) is 0.438. The fraction of sp³-hybridized carbons (Fsp3) is 0.867. The highest BCUT2D eigenvalue weighted by atomic mass is 16.3. The van der Waals surface area contributed by atoms with Gasteiger partial charge >= 0.3 is 0 Å². The lowest BCUT2D eigenvalue weighted by Gasteiger charge is -2.60. The van der Waals surface area contributed by atoms with Crippen molar-refractivity contribution < 1.29 is 5.11 Å². The second-order valence-electron chi connectivity index (χ2n) is 13.2. The molecule has 2 saturated carbocycles. The maximum atomic E-state index is 10.6. The molecule has 2 fully saturated rings. The van der Waals surface area contributed by atoms with Gasteiger partial charge in [-0.05, 0) is 110 Å². The number of rotatable bonds is 5. The normalized spacial score (nSPS) is 45.8. The lowest BCUT2D eigenvalue weighted by atomic mass is 9.45. The van der Waals surface area contributed by atoms with Crippen LogP contribution in [0.1, 0.15) is 113 Å². The molecule has 1 heteroatoms. The van der Waals surface area contributed by atoms with E-state index >= 15 is 0 Å². The number of fused-ring (bicyclic) bond motifs is 4. The molecule has 0 aliphatic heterocycles. The van der Waals surface area contributed by atoms with Crippen molar-refractivity contribution in [1.82, 2.24) is 0 Å². The molecule has 1 N–H and O–H groups in total. The Balaban J connectivity index is 1.60. The van der Waals surface area contributed by atoms with Crippen molar-refractivity contribution in [3.8, 4) is 0 Å². The van der Waals surface area contributed by atoms with Gasteiger partial charge in [0.2, 0.25) is 0 Å². The predicted molar refractivity (Wildman–Crippen MR) is 133 cm³/mol. The molecule has 0 bridgehead atoms. The summed E-state index contributed by atoms with van der Waals surface area (Å²) >= 11 is 0. The van der Waals surface area contributed by atoms with Crippen molar-refractivity contribution >= 4 is 0 Å². The third-order valence-corrected chi connectivity index (χ3v) is 11.8. The van der Waals surface area contributed by atoms with Gasteiger partial charge in [-0.1, -0.05) is 71.8 Å². The number of allylic oxidation sites excluding steroid dienone is 3. The summed E-state index contributed by atoms with van der Waals surface area (Å²) in [5.41, 5.74) is 6.35. The van der Waals surface area contributed by atoms with Gasteiger partial charge < -0.3 is 5.11 Å². The van der Waals surface area contributed by atoms with E-state index in [4.69, 9.17) is 0 Å². The van der Waals surface area contributed by atoms with Crippen molar-refractivity contribution in [1.29, 1.82) is 0 Å². The molecule has 0 aromatic carbocycles. The largest absolute Gasteiger partial charge is 0.393 e. The Hall–Kier alpha value is -0.560. The minimum Gasteiger partial charge on any atom is -0.393 e. The highest BCUT2D eigenvalue weighted by molar-refractivity contribution is 5.38. The van der Waals surface area contributed by atoms with Crippen LogP contribution < -0.4 is 0 Å². The van der Waals surface area contributed by atoms with Gasteiger partial charge in [0, 0.05) is 0 Å². The van der Waals surface area contributed by atoms with E-state index in [9.17, 15) is 5.11 Å². The van der Waals surface area contributed by atoms with Gasteiger partial charge in [0.1, 0.15) is 0 Å². The molecule has 0 aromatic heterocycles. The van der Waals surface area contributed by atoms with Crippen LogP contribution in [-0.4, -0.2) is 11.2 Å². The number of hydrogen-bond donors (Lipinski definition) is 1. The summed E-state index contributed by atoms with van der Waals surface area (Å²) in [6, 6.07) is 0. The van der Waals surface area contributed by atoms with Crippen LogP contribution in [0.4, 0.5) is 0 Å². The Kier molecular flexibility index (Phi) is 6.11. The summed E-state index contributed by atoms with van der Waals surface area (Å²) in [5, 5.41) is 10.6. The molecule has 1 nitrogen and oxygen atoms in total. The summed E-state index contributed by atoms with van der Waals surface area (Å²) in [4.78, 5) is 0. The van der Waals surface area contributed by atoms with Gasteiger partial charge in [-0.25, -0.2) is 0 Å². The van der Waals surface area contributed by atoms with Gasteiger partial charge in [0.25, 0.3) is 0 Å². The Morgan fingerprint density at radius 2 is 1.71 bits per heavy atom. The van der Waals surface area contributed by atoms with E-state index in [2.05, 4.69) is 55.0 Å². The zero-order chi connectivity index (χ0) is 22.8. The number of aliphatic hydroxyl groups is 1. The number of hydrogen-bond acceptors (Lipinski definition) is 1. The van der Waals surface area contributed by atoms with Crippen LogP contribution in [0.3, 0.4) is 0 Å². The average Bonchev–Trinajstić information content (AvgIpc) is 3.00. The first-order valence-corrected chi connectivity index (χ1v) is 13.5. The molecule has 8 atom stereocenters. The summed E-state index contributed by atoms with van der Waals surface area (Å²) in [5.74, 6) is 3.40. The molecule has 0 amide bonds. The molecular formula is C30H50O. The minimum absolute atomic E-state index is 0.0815. The Morgan fingerprint density at radius 3 is 2.39 bits per heavy atom. The SMILES string of the molecule is C=C(CC[C@@H](C)C1CC[C@@]2(C)C3=C(CC[C@]12C)[C@@]1(C)CC[C@H](O)[C@@H](C)[C@@H]1CC3)C(C)C. The molecule has 0 radical (unpaired) electrons. The molecule has 0 aromatic rings. The second kappa shape index (κ2) is 8.03. The molecule has 4 aliphatic rings. The summed E-state index contributed by atoms with van der Waals surface area (Å²) in [7, 11) is 0. The summed E-state index contributed by atoms with van der Waals surface area (Å²) in [6.07, 6.45) is 12.7. The van der Waals surface area contributed by atoms with Crippen LogP contribution in [0, 0.1) is 45.8 Å². The van der Waals surface area contributed by atoms with Gasteiger partial charge in [-0.2, -0.15) is 0 Å². The highest BCUT2D eigenvalue weighted by Gasteiger charge is 2.62. The van der Waals surface area contributed by atoms with Crippen molar-refractivity contribution in [2.45, 2.75) is 119 Å². The van der Waals surface area contributed by atoms with Gasteiger partial charge in [-0.3, -0.25) is 0 Å². The molecule has 1 unspecified atom stereocenters. The lowest BCUT2D eigenvalue weighted by molar-refractivity contribution is -0.0413.